The number of hydrogen-bond acceptors (Lipinski definition) is 3. The van der Waals surface area contributed by atoms with Crippen molar-refractivity contribution in [2.45, 2.75) is 5.33 Å². The van der Waals surface area contributed by atoms with Crippen molar-refractivity contribution in [2.24, 2.45) is 0 Å². The number of hydrogen-bond donors (Lipinski definition) is 1. The van der Waals surface area contributed by atoms with Crippen LogP contribution in [0.2, 0.25) is 0 Å². The number of aromatic nitrogens is 1. The second kappa shape index (κ2) is 3.48. The minimum Gasteiger partial charge on any atom is -0.358 e. The van der Waals surface area contributed by atoms with Crippen LogP contribution in [0.4, 0.5) is 5.69 Å². The highest BCUT2D eigenvalue weighted by atomic mass is 79.9. The largest absolute Gasteiger partial charge is 0.358 e. The van der Waals surface area contributed by atoms with Crippen LogP contribution in [0.3, 0.4) is 0 Å². The van der Waals surface area contributed by atoms with E-state index in [0.717, 1.165) is 6.20 Å². The summed E-state index contributed by atoms with van der Waals surface area (Å²) in [6.07, 6.45) is 1.10. The lowest BCUT2D eigenvalue weighted by Crippen LogP contribution is -2.08. The van der Waals surface area contributed by atoms with E-state index in [2.05, 4.69) is 20.9 Å². The highest BCUT2D eigenvalue weighted by Crippen LogP contribution is 2.04. The Morgan fingerprint density at radius 1 is 1.67 bits per heavy atom. The molecule has 0 aliphatic heterocycles. The van der Waals surface area contributed by atoms with E-state index < -0.39 is 16.0 Å². The van der Waals surface area contributed by atoms with Crippen LogP contribution in [0.1, 0.15) is 5.69 Å². The highest BCUT2D eigenvalue weighted by molar-refractivity contribution is 9.08. The molecule has 12 heavy (non-hydrogen) atoms. The van der Waals surface area contributed by atoms with E-state index in [4.69, 9.17) is 0 Å². The fraction of sp³-hybridized carbons (Fsp3) is 0.167. The zero-order chi connectivity index (χ0) is 9.14. The van der Waals surface area contributed by atoms with Gasteiger partial charge in [-0.1, -0.05) is 15.9 Å². The van der Waals surface area contributed by atoms with E-state index in [9.17, 15) is 14.9 Å². The lowest BCUT2D eigenvalue weighted by molar-refractivity contribution is -0.386. The predicted molar refractivity (Wildman–Crippen MR) is 46.3 cm³/mol. The maximum Gasteiger partial charge on any atom is 0.332 e. The molecule has 5 nitrogen and oxygen atoms in total. The molecular formula is C6H5BrN2O3. The molecule has 0 saturated carbocycles. The topological polar surface area (TPSA) is 76.0 Å². The minimum absolute atomic E-state index is 0.431. The normalized spacial score (nSPS) is 9.75. The molecule has 0 spiro atoms. The van der Waals surface area contributed by atoms with Gasteiger partial charge < -0.3 is 4.98 Å². The van der Waals surface area contributed by atoms with Gasteiger partial charge in [0.2, 0.25) is 0 Å². The van der Waals surface area contributed by atoms with E-state index in [0.29, 0.717) is 11.0 Å². The van der Waals surface area contributed by atoms with Crippen LogP contribution < -0.4 is 5.43 Å². The molecule has 0 aromatic carbocycles. The van der Waals surface area contributed by atoms with Crippen LogP contribution in [-0.4, -0.2) is 9.91 Å². The van der Waals surface area contributed by atoms with E-state index in [1.54, 1.807) is 0 Å². The molecule has 1 aromatic rings. The Bertz CT molecular complexity index is 360. The number of rotatable bonds is 2. The first-order valence-corrected chi connectivity index (χ1v) is 4.19. The van der Waals surface area contributed by atoms with Crippen molar-refractivity contribution in [2.75, 3.05) is 0 Å². The van der Waals surface area contributed by atoms with E-state index in [1.807, 2.05) is 0 Å². The maximum absolute atomic E-state index is 11.0. The predicted octanol–water partition coefficient (Wildman–Crippen LogP) is 1.18. The van der Waals surface area contributed by atoms with Gasteiger partial charge in [-0.3, -0.25) is 14.9 Å². The Morgan fingerprint density at radius 3 is 2.75 bits per heavy atom. The molecule has 0 bridgehead atoms. The number of pyridine rings is 1. The van der Waals surface area contributed by atoms with Crippen LogP contribution in [0.25, 0.3) is 0 Å². The van der Waals surface area contributed by atoms with Crippen molar-refractivity contribution in [3.8, 4) is 0 Å². The molecular weight excluding hydrogens is 228 g/mol. The SMILES string of the molecule is O=c1cc(CBr)[nH]cc1[N+](=O)[O-]. The molecule has 6 heteroatoms. The third-order valence-corrected chi connectivity index (χ3v) is 1.90. The van der Waals surface area contributed by atoms with Crippen LogP contribution in [-0.2, 0) is 5.33 Å². The zero-order valence-corrected chi connectivity index (χ0v) is 7.50. The monoisotopic (exact) mass is 232 g/mol. The molecule has 0 saturated heterocycles. The summed E-state index contributed by atoms with van der Waals surface area (Å²) in [6.45, 7) is 0. The lowest BCUT2D eigenvalue weighted by Gasteiger charge is -1.93. The summed E-state index contributed by atoms with van der Waals surface area (Å²) in [7, 11) is 0. The van der Waals surface area contributed by atoms with Gasteiger partial charge in [0.15, 0.2) is 0 Å². The lowest BCUT2D eigenvalue weighted by atomic mass is 10.3. The summed E-state index contributed by atoms with van der Waals surface area (Å²) >= 11 is 3.11. The summed E-state index contributed by atoms with van der Waals surface area (Å²) in [4.78, 5) is 23.1. The van der Waals surface area contributed by atoms with Gasteiger partial charge >= 0.3 is 5.69 Å². The van der Waals surface area contributed by atoms with Crippen molar-refractivity contribution in [1.29, 1.82) is 0 Å². The Hall–Kier alpha value is -1.17. The number of alkyl halides is 1. The van der Waals surface area contributed by atoms with Gasteiger partial charge in [0, 0.05) is 17.1 Å². The Morgan fingerprint density at radius 2 is 2.33 bits per heavy atom. The number of aromatic amines is 1. The summed E-state index contributed by atoms with van der Waals surface area (Å²) in [5, 5.41) is 10.7. The summed E-state index contributed by atoms with van der Waals surface area (Å²) in [5.41, 5.74) is -0.390. The van der Waals surface area contributed by atoms with Gasteiger partial charge in [0.1, 0.15) is 0 Å². The van der Waals surface area contributed by atoms with Crippen LogP contribution in [0, 0.1) is 10.1 Å². The van der Waals surface area contributed by atoms with Crippen LogP contribution in [0.5, 0.6) is 0 Å². The number of nitro groups is 1. The second-order valence-electron chi connectivity index (χ2n) is 2.10. The molecule has 0 radical (unpaired) electrons. The average molecular weight is 233 g/mol. The third-order valence-electron chi connectivity index (χ3n) is 1.29. The van der Waals surface area contributed by atoms with E-state index >= 15 is 0 Å². The molecule has 0 atom stereocenters. The first-order chi connectivity index (χ1) is 5.65. The number of nitrogens with zero attached hydrogens (tertiary/aromatic N) is 1. The average Bonchev–Trinajstić information content (AvgIpc) is 2.03. The number of halogens is 1. The molecule has 1 heterocycles. The van der Waals surface area contributed by atoms with Gasteiger partial charge in [0.05, 0.1) is 11.1 Å². The van der Waals surface area contributed by atoms with Crippen molar-refractivity contribution in [1.82, 2.24) is 4.98 Å². The molecule has 0 amide bonds. The number of nitrogens with one attached hydrogen (secondary N) is 1. The standard InChI is InChI=1S/C6H5BrN2O3/c7-2-4-1-6(10)5(3-8-4)9(11)12/h1,3H,2H2,(H,8,10). The molecule has 0 unspecified atom stereocenters. The van der Waals surface area contributed by atoms with Gasteiger partial charge in [-0.25, -0.2) is 0 Å². The summed E-state index contributed by atoms with van der Waals surface area (Å²) < 4.78 is 0. The van der Waals surface area contributed by atoms with E-state index in [-0.39, 0.29) is 0 Å². The summed E-state index contributed by atoms with van der Waals surface area (Å²) in [6, 6.07) is 1.20. The number of H-pyrrole nitrogens is 1. The molecule has 1 rings (SSSR count). The zero-order valence-electron chi connectivity index (χ0n) is 5.91. The molecule has 64 valence electrons. The molecule has 1 N–H and O–H groups in total. The maximum atomic E-state index is 11.0. The van der Waals surface area contributed by atoms with Crippen LogP contribution >= 0.6 is 15.9 Å². The first kappa shape index (κ1) is 8.92. The quantitative estimate of drug-likeness (QED) is 0.473. The fourth-order valence-corrected chi connectivity index (χ4v) is 1.05. The smallest absolute Gasteiger partial charge is 0.332 e. The van der Waals surface area contributed by atoms with Gasteiger partial charge in [0.25, 0.3) is 5.43 Å². The fourth-order valence-electron chi connectivity index (χ4n) is 0.726. The molecule has 0 aliphatic carbocycles. The van der Waals surface area contributed by atoms with Crippen molar-refractivity contribution >= 4 is 21.6 Å². The Kier molecular flexibility index (Phi) is 2.59. The van der Waals surface area contributed by atoms with Crippen molar-refractivity contribution in [3.05, 3.63) is 38.3 Å². The highest BCUT2D eigenvalue weighted by Gasteiger charge is 2.10. The molecule has 0 aliphatic rings. The Labute approximate surface area is 75.7 Å². The van der Waals surface area contributed by atoms with Gasteiger partial charge in [-0.2, -0.15) is 0 Å². The van der Waals surface area contributed by atoms with Crippen LogP contribution in [0.15, 0.2) is 17.1 Å². The van der Waals surface area contributed by atoms with Gasteiger partial charge in [-0.15, -0.1) is 0 Å². The molecule has 1 aromatic heterocycles. The first-order valence-electron chi connectivity index (χ1n) is 3.07. The Balaban J connectivity index is 3.21. The van der Waals surface area contributed by atoms with Crippen molar-refractivity contribution < 1.29 is 4.92 Å². The van der Waals surface area contributed by atoms with E-state index in [1.165, 1.54) is 6.07 Å². The van der Waals surface area contributed by atoms with Gasteiger partial charge in [-0.05, 0) is 0 Å². The molecule has 0 fully saturated rings. The third kappa shape index (κ3) is 1.70. The summed E-state index contributed by atoms with van der Waals surface area (Å²) in [5.74, 6) is 0. The minimum atomic E-state index is -0.711. The van der Waals surface area contributed by atoms with Crippen molar-refractivity contribution in [3.63, 3.8) is 0 Å². The second-order valence-corrected chi connectivity index (χ2v) is 2.66.